The van der Waals surface area contributed by atoms with E-state index >= 15 is 0 Å². The van der Waals surface area contributed by atoms with Gasteiger partial charge in [0.15, 0.2) is 0 Å². The highest BCUT2D eigenvalue weighted by molar-refractivity contribution is 5.79. The number of nitrogens with zero attached hydrogens (tertiary/aromatic N) is 2. The zero-order valence-electron chi connectivity index (χ0n) is 15.8. The van der Waals surface area contributed by atoms with Crippen LogP contribution >= 0.6 is 0 Å². The van der Waals surface area contributed by atoms with E-state index in [4.69, 9.17) is 0 Å². The minimum Gasteiger partial charge on any atom is -0.383 e. The van der Waals surface area contributed by atoms with Crippen LogP contribution in [-0.2, 0) is 10.4 Å². The topological polar surface area (TPSA) is 43.8 Å². The summed E-state index contributed by atoms with van der Waals surface area (Å²) in [5.74, 6) is 0.551. The molecule has 2 aliphatic heterocycles. The summed E-state index contributed by atoms with van der Waals surface area (Å²) in [6, 6.07) is 10.1. The number of carbonyl (C=O) groups excluding carboxylic acids is 1. The van der Waals surface area contributed by atoms with Gasteiger partial charge in [-0.25, -0.2) is 0 Å². The van der Waals surface area contributed by atoms with Gasteiger partial charge in [-0.15, -0.1) is 0 Å². The zero-order chi connectivity index (χ0) is 18.0. The van der Waals surface area contributed by atoms with Gasteiger partial charge in [-0.1, -0.05) is 49.6 Å². The van der Waals surface area contributed by atoms with Crippen molar-refractivity contribution in [1.82, 2.24) is 9.80 Å². The molecule has 0 bridgehead atoms. The van der Waals surface area contributed by atoms with Gasteiger partial charge in [0, 0.05) is 19.0 Å². The average molecular weight is 357 g/mol. The number of piperidine rings is 1. The fraction of sp³-hybridized carbons (Fsp3) is 0.682. The highest BCUT2D eigenvalue weighted by Crippen LogP contribution is 2.38. The lowest BCUT2D eigenvalue weighted by Gasteiger charge is -2.49. The number of hydrogen-bond donors (Lipinski definition) is 1. The third-order valence-electron chi connectivity index (χ3n) is 6.83. The first-order chi connectivity index (χ1) is 12.7. The smallest absolute Gasteiger partial charge is 0.225 e. The van der Waals surface area contributed by atoms with Gasteiger partial charge in [-0.3, -0.25) is 9.69 Å². The van der Waals surface area contributed by atoms with Crippen molar-refractivity contribution in [2.24, 2.45) is 5.92 Å². The van der Waals surface area contributed by atoms with Gasteiger partial charge in [0.2, 0.25) is 5.91 Å². The van der Waals surface area contributed by atoms with Crippen LogP contribution in [0.25, 0.3) is 0 Å². The van der Waals surface area contributed by atoms with Crippen LogP contribution in [0.1, 0.15) is 56.9 Å². The van der Waals surface area contributed by atoms with Gasteiger partial charge in [0.1, 0.15) is 5.60 Å². The normalized spacial score (nSPS) is 31.3. The molecule has 3 fully saturated rings. The first kappa shape index (κ1) is 18.0. The van der Waals surface area contributed by atoms with Gasteiger partial charge in [-0.05, 0) is 50.8 Å². The first-order valence-corrected chi connectivity index (χ1v) is 10.5. The molecule has 4 rings (SSSR count). The highest BCUT2D eigenvalue weighted by Gasteiger charge is 2.47. The molecule has 4 nitrogen and oxygen atoms in total. The molecule has 0 spiro atoms. The molecule has 142 valence electrons. The number of hydrogen-bond acceptors (Lipinski definition) is 3. The largest absolute Gasteiger partial charge is 0.383 e. The number of amides is 1. The number of likely N-dealkylation sites (tertiary alicyclic amines) is 2. The van der Waals surface area contributed by atoms with Crippen LogP contribution in [0.15, 0.2) is 30.3 Å². The molecule has 1 aromatic rings. The summed E-state index contributed by atoms with van der Waals surface area (Å²) in [6.07, 6.45) is 8.77. The van der Waals surface area contributed by atoms with Crippen molar-refractivity contribution >= 4 is 5.91 Å². The predicted octanol–water partition coefficient (Wildman–Crippen LogP) is 3.15. The van der Waals surface area contributed by atoms with Crippen LogP contribution in [0.2, 0.25) is 0 Å². The predicted molar refractivity (Wildman–Crippen MR) is 103 cm³/mol. The maximum atomic E-state index is 13.1. The number of aliphatic hydroxyl groups is 1. The molecule has 2 saturated heterocycles. The van der Waals surface area contributed by atoms with Gasteiger partial charge >= 0.3 is 0 Å². The Morgan fingerprint density at radius 3 is 2.35 bits per heavy atom. The molecule has 26 heavy (non-hydrogen) atoms. The van der Waals surface area contributed by atoms with Crippen molar-refractivity contribution < 1.29 is 9.90 Å². The van der Waals surface area contributed by atoms with E-state index in [0.29, 0.717) is 25.4 Å². The monoisotopic (exact) mass is 356 g/mol. The van der Waals surface area contributed by atoms with Crippen molar-refractivity contribution in [2.45, 2.75) is 63.0 Å². The Balaban J connectivity index is 1.56. The van der Waals surface area contributed by atoms with Gasteiger partial charge in [0.25, 0.3) is 0 Å². The molecule has 1 N–H and O–H groups in total. The maximum absolute atomic E-state index is 13.1. The Labute approximate surface area is 157 Å². The summed E-state index contributed by atoms with van der Waals surface area (Å²) < 4.78 is 0. The van der Waals surface area contributed by atoms with Crippen LogP contribution in [0.4, 0.5) is 0 Å². The number of rotatable bonds is 3. The molecule has 1 aromatic carbocycles. The SMILES string of the molecule is O=C(C1CCCCC1)N1CC[C@](O)(c2ccccc2)[C@H](N2CCCC2)C1. The van der Waals surface area contributed by atoms with Crippen LogP contribution in [-0.4, -0.2) is 53.0 Å². The first-order valence-electron chi connectivity index (χ1n) is 10.5. The lowest BCUT2D eigenvalue weighted by Crippen LogP contribution is -2.61. The maximum Gasteiger partial charge on any atom is 0.225 e. The summed E-state index contributed by atoms with van der Waals surface area (Å²) in [6.45, 7) is 3.41. The zero-order valence-corrected chi connectivity index (χ0v) is 15.8. The Kier molecular flexibility index (Phi) is 5.32. The number of benzene rings is 1. The van der Waals surface area contributed by atoms with Crippen molar-refractivity contribution in [3.05, 3.63) is 35.9 Å². The van der Waals surface area contributed by atoms with E-state index in [9.17, 15) is 9.90 Å². The van der Waals surface area contributed by atoms with Crippen LogP contribution < -0.4 is 0 Å². The standard InChI is InChI=1S/C22H32N2O2/c25-21(18-9-3-1-4-10-18)24-16-13-22(26,19-11-5-2-6-12-19)20(17-24)23-14-7-8-15-23/h2,5-6,11-12,18,20,26H,1,3-4,7-10,13-17H2/t20-,22+/m1/s1. The second-order valence-corrected chi connectivity index (χ2v) is 8.42. The van der Waals surface area contributed by atoms with E-state index in [0.717, 1.165) is 31.5 Å². The van der Waals surface area contributed by atoms with Gasteiger partial charge < -0.3 is 10.0 Å². The second-order valence-electron chi connectivity index (χ2n) is 8.42. The Morgan fingerprint density at radius 1 is 0.962 bits per heavy atom. The summed E-state index contributed by atoms with van der Waals surface area (Å²) in [7, 11) is 0. The third-order valence-corrected chi connectivity index (χ3v) is 6.83. The van der Waals surface area contributed by atoms with Gasteiger partial charge in [-0.2, -0.15) is 0 Å². The molecule has 0 aromatic heterocycles. The summed E-state index contributed by atoms with van der Waals surface area (Å²) in [5.41, 5.74) is 0.149. The summed E-state index contributed by atoms with van der Waals surface area (Å²) >= 11 is 0. The lowest BCUT2D eigenvalue weighted by atomic mass is 9.79. The Hall–Kier alpha value is -1.39. The molecule has 1 aliphatic carbocycles. The Morgan fingerprint density at radius 2 is 1.65 bits per heavy atom. The Bertz CT molecular complexity index is 608. The van der Waals surface area contributed by atoms with E-state index in [1.807, 2.05) is 30.3 Å². The fourth-order valence-corrected chi connectivity index (χ4v) is 5.27. The molecule has 0 radical (unpaired) electrons. The van der Waals surface area contributed by atoms with E-state index in [-0.39, 0.29) is 12.0 Å². The lowest BCUT2D eigenvalue weighted by molar-refractivity contribution is -0.148. The van der Waals surface area contributed by atoms with E-state index < -0.39 is 5.60 Å². The highest BCUT2D eigenvalue weighted by atomic mass is 16.3. The molecular formula is C22H32N2O2. The van der Waals surface area contributed by atoms with E-state index in [1.54, 1.807) is 0 Å². The molecule has 0 unspecified atom stereocenters. The summed E-state index contributed by atoms with van der Waals surface area (Å²) in [4.78, 5) is 17.6. The second kappa shape index (κ2) is 7.69. The third kappa shape index (κ3) is 3.41. The quantitative estimate of drug-likeness (QED) is 0.905. The minimum absolute atomic E-state index is 0.00805. The fourth-order valence-electron chi connectivity index (χ4n) is 5.27. The molecule has 1 amide bonds. The van der Waals surface area contributed by atoms with Crippen LogP contribution in [0.3, 0.4) is 0 Å². The van der Waals surface area contributed by atoms with Gasteiger partial charge in [0.05, 0.1) is 6.04 Å². The molecule has 1 saturated carbocycles. The van der Waals surface area contributed by atoms with Crippen molar-refractivity contribution in [3.63, 3.8) is 0 Å². The van der Waals surface area contributed by atoms with Crippen molar-refractivity contribution in [3.8, 4) is 0 Å². The molecule has 2 atom stereocenters. The van der Waals surface area contributed by atoms with Crippen molar-refractivity contribution in [2.75, 3.05) is 26.2 Å². The summed E-state index contributed by atoms with van der Waals surface area (Å²) in [5, 5.41) is 11.7. The molecule has 4 heteroatoms. The van der Waals surface area contributed by atoms with Crippen molar-refractivity contribution in [1.29, 1.82) is 0 Å². The van der Waals surface area contributed by atoms with Crippen LogP contribution in [0.5, 0.6) is 0 Å². The average Bonchev–Trinajstić information content (AvgIpc) is 3.24. The molecule has 3 aliphatic rings. The van der Waals surface area contributed by atoms with Crippen LogP contribution in [0, 0.1) is 5.92 Å². The molecular weight excluding hydrogens is 324 g/mol. The molecule has 2 heterocycles. The van der Waals surface area contributed by atoms with E-state index in [1.165, 1.54) is 32.1 Å². The van der Waals surface area contributed by atoms with E-state index in [2.05, 4.69) is 9.80 Å². The minimum atomic E-state index is -0.852. The number of carbonyl (C=O) groups is 1.